The molecule has 0 aliphatic heterocycles. The number of nitrogens with one attached hydrogen (secondary N) is 1. The van der Waals surface area contributed by atoms with Crippen molar-refractivity contribution in [2.75, 3.05) is 5.32 Å². The van der Waals surface area contributed by atoms with Crippen molar-refractivity contribution in [1.29, 1.82) is 0 Å². The summed E-state index contributed by atoms with van der Waals surface area (Å²) in [4.78, 5) is 17.5. The summed E-state index contributed by atoms with van der Waals surface area (Å²) in [5.41, 5.74) is 4.68. The fourth-order valence-corrected chi connectivity index (χ4v) is 3.41. The van der Waals surface area contributed by atoms with Crippen molar-refractivity contribution < 1.29 is 4.79 Å². The van der Waals surface area contributed by atoms with Crippen molar-refractivity contribution >= 4 is 28.5 Å². The highest BCUT2D eigenvalue weighted by molar-refractivity contribution is 7.15. The molecule has 126 valence electrons. The maximum absolute atomic E-state index is 12.1. The largest absolute Gasteiger partial charge is 0.298 e. The topological polar surface area (TPSA) is 42.0 Å². The minimum absolute atomic E-state index is 0.169. The molecule has 1 heterocycles. The fraction of sp³-hybridized carbons (Fsp3) is 0.143. The van der Waals surface area contributed by atoms with Crippen molar-refractivity contribution in [3.63, 3.8) is 0 Å². The molecule has 0 aliphatic rings. The Labute approximate surface area is 152 Å². The van der Waals surface area contributed by atoms with Crippen LogP contribution < -0.4 is 5.32 Å². The number of hydrogen-bond donors (Lipinski definition) is 1. The molecule has 0 spiro atoms. The van der Waals surface area contributed by atoms with Crippen LogP contribution in [0.15, 0.2) is 60.8 Å². The van der Waals surface area contributed by atoms with Gasteiger partial charge in [-0.3, -0.25) is 10.1 Å². The van der Waals surface area contributed by atoms with Crippen LogP contribution in [0.3, 0.4) is 0 Å². The molecule has 0 aliphatic carbocycles. The number of benzene rings is 2. The van der Waals surface area contributed by atoms with Crippen LogP contribution >= 0.6 is 11.3 Å². The number of anilines is 1. The van der Waals surface area contributed by atoms with E-state index in [1.54, 1.807) is 0 Å². The van der Waals surface area contributed by atoms with Crippen molar-refractivity contribution in [2.24, 2.45) is 0 Å². The molecule has 0 saturated carbocycles. The zero-order chi connectivity index (χ0) is 17.6. The molecule has 1 N–H and O–H groups in total. The normalized spacial score (nSPS) is 11.0. The predicted octanol–water partition coefficient (Wildman–Crippen LogP) is 5.00. The van der Waals surface area contributed by atoms with E-state index in [1.165, 1.54) is 34.1 Å². The summed E-state index contributed by atoms with van der Waals surface area (Å²) in [7, 11) is 0. The van der Waals surface area contributed by atoms with Crippen LogP contribution in [0.2, 0.25) is 0 Å². The number of rotatable bonds is 5. The van der Waals surface area contributed by atoms with E-state index in [2.05, 4.69) is 41.5 Å². The van der Waals surface area contributed by atoms with Crippen LogP contribution in [0.4, 0.5) is 5.13 Å². The van der Waals surface area contributed by atoms with Crippen molar-refractivity contribution in [1.82, 2.24) is 4.98 Å². The van der Waals surface area contributed by atoms with Gasteiger partial charge in [0.15, 0.2) is 5.13 Å². The molecule has 0 saturated heterocycles. The number of aromatic nitrogens is 1. The van der Waals surface area contributed by atoms with Crippen molar-refractivity contribution in [3.8, 4) is 0 Å². The quantitative estimate of drug-likeness (QED) is 0.659. The lowest BCUT2D eigenvalue weighted by molar-refractivity contribution is -0.111. The maximum Gasteiger partial charge on any atom is 0.250 e. The average molecular weight is 348 g/mol. The first-order chi connectivity index (χ1) is 12.1. The summed E-state index contributed by atoms with van der Waals surface area (Å²) < 4.78 is 0. The number of amides is 1. The fourth-order valence-electron chi connectivity index (χ4n) is 2.56. The number of nitrogens with zero attached hydrogens (tertiary/aromatic N) is 1. The average Bonchev–Trinajstić information content (AvgIpc) is 3.00. The molecule has 4 heteroatoms. The third kappa shape index (κ3) is 5.13. The molecular weight excluding hydrogens is 328 g/mol. The SMILES string of the molecule is Cc1cccc(/C=C/C(=O)Nc2ncc(Cc3cccc(C)c3)s2)c1. The lowest BCUT2D eigenvalue weighted by atomic mass is 10.1. The number of carbonyl (C=O) groups excluding carboxylic acids is 1. The zero-order valence-electron chi connectivity index (χ0n) is 14.3. The Balaban J connectivity index is 1.60. The van der Waals surface area contributed by atoms with Gasteiger partial charge in [-0.25, -0.2) is 4.98 Å². The molecule has 1 aromatic heterocycles. The summed E-state index contributed by atoms with van der Waals surface area (Å²) in [6, 6.07) is 16.4. The molecule has 0 radical (unpaired) electrons. The molecule has 3 nitrogen and oxygen atoms in total. The van der Waals surface area contributed by atoms with E-state index in [0.29, 0.717) is 5.13 Å². The van der Waals surface area contributed by atoms with Gasteiger partial charge in [-0.2, -0.15) is 0 Å². The molecule has 3 rings (SSSR count). The molecule has 2 aromatic carbocycles. The Morgan fingerprint density at radius 3 is 2.64 bits per heavy atom. The molecule has 1 amide bonds. The first kappa shape index (κ1) is 17.1. The molecule has 0 unspecified atom stereocenters. The molecular formula is C21H20N2OS. The lowest BCUT2D eigenvalue weighted by Crippen LogP contribution is -2.07. The van der Waals surface area contributed by atoms with E-state index < -0.39 is 0 Å². The summed E-state index contributed by atoms with van der Waals surface area (Å²) in [6.07, 6.45) is 6.00. The summed E-state index contributed by atoms with van der Waals surface area (Å²) >= 11 is 1.51. The zero-order valence-corrected chi connectivity index (χ0v) is 15.1. The van der Waals surface area contributed by atoms with Crippen molar-refractivity contribution in [2.45, 2.75) is 20.3 Å². The number of hydrogen-bond acceptors (Lipinski definition) is 3. The van der Waals surface area contributed by atoms with Gasteiger partial charge < -0.3 is 0 Å². The van der Waals surface area contributed by atoms with Crippen LogP contribution in [0.1, 0.15) is 27.1 Å². The number of aryl methyl sites for hydroxylation is 2. The van der Waals surface area contributed by atoms with Crippen LogP contribution in [-0.2, 0) is 11.2 Å². The third-order valence-corrected chi connectivity index (χ3v) is 4.63. The van der Waals surface area contributed by atoms with Gasteiger partial charge in [0.05, 0.1) is 0 Å². The Kier molecular flexibility index (Phi) is 5.41. The van der Waals surface area contributed by atoms with Crippen LogP contribution in [-0.4, -0.2) is 10.9 Å². The van der Waals surface area contributed by atoms with Crippen LogP contribution in [0, 0.1) is 13.8 Å². The molecule has 0 atom stereocenters. The summed E-state index contributed by atoms with van der Waals surface area (Å²) in [5.74, 6) is -0.169. The second kappa shape index (κ2) is 7.90. The van der Waals surface area contributed by atoms with Crippen LogP contribution in [0.5, 0.6) is 0 Å². The lowest BCUT2D eigenvalue weighted by Gasteiger charge is -1.99. The van der Waals surface area contributed by atoms with Gasteiger partial charge in [0.2, 0.25) is 5.91 Å². The van der Waals surface area contributed by atoms with Crippen molar-refractivity contribution in [3.05, 3.63) is 87.9 Å². The molecule has 0 fully saturated rings. The highest BCUT2D eigenvalue weighted by Gasteiger charge is 2.05. The Morgan fingerprint density at radius 1 is 1.12 bits per heavy atom. The Bertz CT molecular complexity index is 912. The minimum Gasteiger partial charge on any atom is -0.298 e. The highest BCUT2D eigenvalue weighted by atomic mass is 32.1. The first-order valence-corrected chi connectivity index (χ1v) is 8.96. The minimum atomic E-state index is -0.169. The van der Waals surface area contributed by atoms with Gasteiger partial charge in [-0.1, -0.05) is 59.7 Å². The first-order valence-electron chi connectivity index (χ1n) is 8.14. The van der Waals surface area contributed by atoms with E-state index in [0.717, 1.165) is 16.9 Å². The van der Waals surface area contributed by atoms with Gasteiger partial charge in [-0.05, 0) is 31.1 Å². The maximum atomic E-state index is 12.1. The van der Waals surface area contributed by atoms with E-state index in [-0.39, 0.29) is 5.91 Å². The van der Waals surface area contributed by atoms with E-state index in [4.69, 9.17) is 0 Å². The summed E-state index contributed by atoms with van der Waals surface area (Å²) in [6.45, 7) is 4.12. The van der Waals surface area contributed by atoms with Crippen LogP contribution in [0.25, 0.3) is 6.08 Å². The standard InChI is InChI=1S/C21H20N2OS/c1-15-5-3-7-17(11-15)9-10-20(24)23-21-22-14-19(25-21)13-18-8-4-6-16(2)12-18/h3-12,14H,13H2,1-2H3,(H,22,23,24)/b10-9+. The second-order valence-corrected chi connectivity index (χ2v) is 7.15. The number of thiazole rings is 1. The third-order valence-electron chi connectivity index (χ3n) is 3.71. The van der Waals surface area contributed by atoms with Gasteiger partial charge in [0, 0.05) is 23.6 Å². The van der Waals surface area contributed by atoms with Gasteiger partial charge in [-0.15, -0.1) is 11.3 Å². The van der Waals surface area contributed by atoms with E-state index >= 15 is 0 Å². The van der Waals surface area contributed by atoms with E-state index in [1.807, 2.05) is 43.5 Å². The highest BCUT2D eigenvalue weighted by Crippen LogP contribution is 2.21. The molecule has 3 aromatic rings. The monoisotopic (exact) mass is 348 g/mol. The summed E-state index contributed by atoms with van der Waals surface area (Å²) in [5, 5.41) is 3.45. The van der Waals surface area contributed by atoms with Gasteiger partial charge in [0.25, 0.3) is 0 Å². The molecule has 25 heavy (non-hydrogen) atoms. The molecule has 0 bridgehead atoms. The Morgan fingerprint density at radius 2 is 1.88 bits per heavy atom. The van der Waals surface area contributed by atoms with Gasteiger partial charge >= 0.3 is 0 Å². The van der Waals surface area contributed by atoms with E-state index in [9.17, 15) is 4.79 Å². The number of carbonyl (C=O) groups is 1. The smallest absolute Gasteiger partial charge is 0.250 e. The Hall–Kier alpha value is -2.72. The predicted molar refractivity (Wildman–Crippen MR) is 105 cm³/mol. The van der Waals surface area contributed by atoms with Gasteiger partial charge in [0.1, 0.15) is 0 Å². The second-order valence-electron chi connectivity index (χ2n) is 6.03.